The molecule has 0 atom stereocenters. The predicted molar refractivity (Wildman–Crippen MR) is 157 cm³/mol. The van der Waals surface area contributed by atoms with E-state index in [0.29, 0.717) is 42.4 Å². The van der Waals surface area contributed by atoms with Gasteiger partial charge in [0, 0.05) is 57.2 Å². The monoisotopic (exact) mass is 620 g/mol. The van der Waals surface area contributed by atoms with Gasteiger partial charge in [0.05, 0.1) is 18.0 Å². The molecular weight excluding hydrogens is 594 g/mol. The molecule has 0 saturated carbocycles. The summed E-state index contributed by atoms with van der Waals surface area (Å²) in [5, 5.41) is 9.10. The van der Waals surface area contributed by atoms with Crippen LogP contribution < -0.4 is 16.0 Å². The Morgan fingerprint density at radius 2 is 1.82 bits per heavy atom. The fourth-order valence-corrected chi connectivity index (χ4v) is 4.74. The molecule has 1 amide bonds. The summed E-state index contributed by atoms with van der Waals surface area (Å²) in [7, 11) is 1.84. The van der Waals surface area contributed by atoms with E-state index < -0.39 is 0 Å². The molecule has 1 aliphatic heterocycles. The van der Waals surface area contributed by atoms with E-state index in [1.807, 2.05) is 31.3 Å². The summed E-state index contributed by atoms with van der Waals surface area (Å²) in [5.41, 5.74) is 6.88. The van der Waals surface area contributed by atoms with Gasteiger partial charge in [0.2, 0.25) is 5.95 Å². The Labute approximate surface area is 234 Å². The molecule has 192 valence electrons. The number of hydrogen-bond acceptors (Lipinski definition) is 6. The van der Waals surface area contributed by atoms with E-state index in [-0.39, 0.29) is 11.7 Å². The van der Waals surface area contributed by atoms with Gasteiger partial charge < -0.3 is 16.0 Å². The van der Waals surface area contributed by atoms with E-state index in [1.165, 1.54) is 6.07 Å². The van der Waals surface area contributed by atoms with Crippen molar-refractivity contribution in [1.82, 2.24) is 20.6 Å². The number of aromatic nitrogens is 2. The first-order chi connectivity index (χ1) is 18.6. The van der Waals surface area contributed by atoms with Crippen LogP contribution in [0.25, 0.3) is 11.3 Å². The molecule has 0 fully saturated rings. The molecule has 38 heavy (non-hydrogen) atoms. The summed E-state index contributed by atoms with van der Waals surface area (Å²) >= 11 is 2.32. The number of anilines is 2. The molecule has 5 rings (SSSR count). The number of rotatable bonds is 8. The lowest BCUT2D eigenvalue weighted by molar-refractivity contribution is 0.0954. The van der Waals surface area contributed by atoms with Crippen molar-refractivity contribution in [2.45, 2.75) is 11.0 Å². The van der Waals surface area contributed by atoms with Gasteiger partial charge in [-0.1, -0.05) is 46.9 Å². The Morgan fingerprint density at radius 1 is 1.00 bits per heavy atom. The van der Waals surface area contributed by atoms with Gasteiger partial charge in [-0.25, -0.2) is 14.4 Å². The molecule has 0 aliphatic carbocycles. The molecule has 0 radical (unpaired) electrons. The summed E-state index contributed by atoms with van der Waals surface area (Å²) in [6.07, 6.45) is 1.76. The van der Waals surface area contributed by atoms with E-state index in [0.717, 1.165) is 38.1 Å². The van der Waals surface area contributed by atoms with E-state index in [1.54, 1.807) is 30.5 Å². The Bertz CT molecular complexity index is 1510. The molecule has 7 nitrogen and oxygen atoms in total. The molecule has 0 saturated heterocycles. The minimum absolute atomic E-state index is 0.124. The number of nitrogens with one attached hydrogen (secondary N) is 3. The number of carbonyl (C=O) groups excluding carboxylic acids is 1. The number of hydrogen-bond donors (Lipinski definition) is 3. The molecule has 1 aliphatic rings. The lowest BCUT2D eigenvalue weighted by Gasteiger charge is -2.14. The first-order valence-electron chi connectivity index (χ1n) is 12.2. The number of benzene rings is 3. The molecule has 0 unspecified atom stereocenters. The maximum atomic E-state index is 14.8. The van der Waals surface area contributed by atoms with Crippen LogP contribution in [0.2, 0.25) is 0 Å². The van der Waals surface area contributed by atoms with Crippen LogP contribution in [0.4, 0.5) is 16.0 Å². The van der Waals surface area contributed by atoms with Gasteiger partial charge in [-0.3, -0.25) is 9.79 Å². The molecule has 3 N–H and O–H groups in total. The van der Waals surface area contributed by atoms with Crippen LogP contribution in [0.15, 0.2) is 77.9 Å². The third-order valence-corrected chi connectivity index (χ3v) is 7.09. The fourth-order valence-electron chi connectivity index (χ4n) is 4.26. The standard InChI is InChI=1S/C29H26FIN6O/c1-32-12-13-33-28(38)19-7-9-21(10-8-19)36-29-35-17-20-16-34-27(23-4-2-3-5-25(23)30)24-14-18(15-31)6-11-22(24)26(20)37-29/h2-11,14,17,32H,12-13,15-16H2,1H3,(H,33,38)(H,35,36,37). The fraction of sp³-hybridized carbons (Fsp3) is 0.172. The minimum Gasteiger partial charge on any atom is -0.351 e. The summed E-state index contributed by atoms with van der Waals surface area (Å²) in [5.74, 6) is -0.00919. The Hall–Kier alpha value is -3.70. The van der Waals surface area contributed by atoms with Gasteiger partial charge in [0.15, 0.2) is 0 Å². The average Bonchev–Trinajstić information content (AvgIpc) is 3.10. The number of fused-ring (bicyclic) bond motifs is 3. The SMILES string of the molecule is CNCCNC(=O)c1ccc(Nc2ncc3c(n2)-c2ccc(CI)cc2C(c2ccccc2F)=NC3)cc1. The van der Waals surface area contributed by atoms with Gasteiger partial charge >= 0.3 is 0 Å². The highest BCUT2D eigenvalue weighted by Gasteiger charge is 2.23. The van der Waals surface area contributed by atoms with Crippen molar-refractivity contribution >= 4 is 45.8 Å². The molecule has 4 aromatic rings. The summed E-state index contributed by atoms with van der Waals surface area (Å²) in [6.45, 7) is 1.60. The second kappa shape index (κ2) is 11.8. The quantitative estimate of drug-likeness (QED) is 0.142. The zero-order valence-corrected chi connectivity index (χ0v) is 22.9. The number of aliphatic imine (C=N–C) groups is 1. The van der Waals surface area contributed by atoms with Crippen LogP contribution >= 0.6 is 22.6 Å². The maximum absolute atomic E-state index is 14.8. The first kappa shape index (κ1) is 25.9. The van der Waals surface area contributed by atoms with Crippen molar-refractivity contribution in [2.24, 2.45) is 4.99 Å². The maximum Gasteiger partial charge on any atom is 0.251 e. The Kier molecular flexibility index (Phi) is 8.04. The van der Waals surface area contributed by atoms with E-state index in [9.17, 15) is 9.18 Å². The number of nitrogens with zero attached hydrogens (tertiary/aromatic N) is 3. The zero-order valence-electron chi connectivity index (χ0n) is 20.8. The molecule has 0 spiro atoms. The number of carbonyl (C=O) groups is 1. The highest BCUT2D eigenvalue weighted by atomic mass is 127. The second-order valence-electron chi connectivity index (χ2n) is 8.79. The number of halogens is 2. The highest BCUT2D eigenvalue weighted by molar-refractivity contribution is 14.1. The topological polar surface area (TPSA) is 91.3 Å². The van der Waals surface area contributed by atoms with E-state index >= 15 is 0 Å². The molecular formula is C29H26FIN6O. The van der Waals surface area contributed by atoms with Crippen LogP contribution in [0, 0.1) is 5.82 Å². The Morgan fingerprint density at radius 3 is 2.58 bits per heavy atom. The van der Waals surface area contributed by atoms with Crippen molar-refractivity contribution in [2.75, 3.05) is 25.5 Å². The van der Waals surface area contributed by atoms with Crippen molar-refractivity contribution in [3.63, 3.8) is 0 Å². The van der Waals surface area contributed by atoms with Gasteiger partial charge in [-0.05, 0) is 55.1 Å². The van der Waals surface area contributed by atoms with Gasteiger partial charge in [0.1, 0.15) is 5.82 Å². The van der Waals surface area contributed by atoms with Crippen molar-refractivity contribution < 1.29 is 9.18 Å². The van der Waals surface area contributed by atoms with Gasteiger partial charge in [-0.2, -0.15) is 0 Å². The average molecular weight is 620 g/mol. The third-order valence-electron chi connectivity index (χ3n) is 6.21. The normalized spacial score (nSPS) is 12.1. The lowest BCUT2D eigenvalue weighted by atomic mass is 9.93. The van der Waals surface area contributed by atoms with E-state index in [2.05, 4.69) is 55.7 Å². The van der Waals surface area contributed by atoms with Crippen LogP contribution in [0.3, 0.4) is 0 Å². The summed E-state index contributed by atoms with van der Waals surface area (Å²) in [4.78, 5) is 26.4. The number of likely N-dealkylation sites (N-methyl/N-ethyl adjacent to an activating group) is 1. The molecule has 1 aromatic heterocycles. The molecule has 9 heteroatoms. The number of alkyl halides is 1. The highest BCUT2D eigenvalue weighted by Crippen LogP contribution is 2.33. The smallest absolute Gasteiger partial charge is 0.251 e. The predicted octanol–water partition coefficient (Wildman–Crippen LogP) is 5.26. The molecule has 0 bridgehead atoms. The van der Waals surface area contributed by atoms with Crippen molar-refractivity contribution in [3.05, 3.63) is 107 Å². The zero-order chi connectivity index (χ0) is 26.5. The first-order valence-corrected chi connectivity index (χ1v) is 13.7. The third kappa shape index (κ3) is 5.58. The van der Waals surface area contributed by atoms with E-state index in [4.69, 9.17) is 9.98 Å². The second-order valence-corrected chi connectivity index (χ2v) is 9.55. The largest absolute Gasteiger partial charge is 0.351 e. The van der Waals surface area contributed by atoms with Crippen LogP contribution in [0.5, 0.6) is 0 Å². The number of amides is 1. The van der Waals surface area contributed by atoms with Crippen LogP contribution in [0.1, 0.15) is 32.6 Å². The summed E-state index contributed by atoms with van der Waals surface area (Å²) < 4.78 is 15.6. The van der Waals surface area contributed by atoms with Crippen LogP contribution in [-0.4, -0.2) is 41.7 Å². The van der Waals surface area contributed by atoms with Crippen molar-refractivity contribution in [3.8, 4) is 11.3 Å². The minimum atomic E-state index is -0.310. The van der Waals surface area contributed by atoms with Crippen molar-refractivity contribution in [1.29, 1.82) is 0 Å². The molecule has 2 heterocycles. The Balaban J connectivity index is 1.45. The molecule has 3 aromatic carbocycles. The van der Waals surface area contributed by atoms with Gasteiger partial charge in [0.25, 0.3) is 5.91 Å². The lowest BCUT2D eigenvalue weighted by Crippen LogP contribution is -2.30. The van der Waals surface area contributed by atoms with Crippen LogP contribution in [-0.2, 0) is 11.0 Å². The van der Waals surface area contributed by atoms with Gasteiger partial charge in [-0.15, -0.1) is 0 Å². The summed E-state index contributed by atoms with van der Waals surface area (Å²) in [6, 6.07) is 20.0.